The number of rotatable bonds is 11. The molecular weight excluding hydrogens is 480 g/mol. The van der Waals surface area contributed by atoms with E-state index in [1.165, 1.54) is 12.4 Å². The Morgan fingerprint density at radius 1 is 0.974 bits per heavy atom. The number of benzene rings is 3. The molecule has 8 heteroatoms. The first-order valence-corrected chi connectivity index (χ1v) is 12.7. The number of allylic oxidation sites excluding steroid dienone is 1. The van der Waals surface area contributed by atoms with Crippen molar-refractivity contribution in [3.05, 3.63) is 84.7 Å². The van der Waals surface area contributed by atoms with Crippen LogP contribution in [-0.2, 0) is 9.53 Å². The Morgan fingerprint density at radius 3 is 2.55 bits per heavy atom. The van der Waals surface area contributed by atoms with Crippen LogP contribution in [0, 0.1) is 0 Å². The summed E-state index contributed by atoms with van der Waals surface area (Å²) in [5.41, 5.74) is 2.40. The average Bonchev–Trinajstić information content (AvgIpc) is 2.96. The third-order valence-corrected chi connectivity index (χ3v) is 6.20. The van der Waals surface area contributed by atoms with Gasteiger partial charge in [0.25, 0.3) is 0 Å². The fourth-order valence-electron chi connectivity index (χ4n) is 4.26. The number of carbonyl (C=O) groups is 1. The molecule has 4 aromatic rings. The zero-order valence-corrected chi connectivity index (χ0v) is 21.1. The van der Waals surface area contributed by atoms with Crippen LogP contribution in [0.1, 0.15) is 12.0 Å². The number of aldehydes is 1. The third kappa shape index (κ3) is 6.73. The highest BCUT2D eigenvalue weighted by molar-refractivity contribution is 5.94. The van der Waals surface area contributed by atoms with Crippen LogP contribution < -0.4 is 14.8 Å². The second-order valence-corrected chi connectivity index (χ2v) is 8.85. The molecule has 1 aliphatic heterocycles. The molecule has 0 atom stereocenters. The molecule has 1 aliphatic rings. The molecule has 5 rings (SSSR count). The van der Waals surface area contributed by atoms with Crippen LogP contribution >= 0.6 is 0 Å². The Morgan fingerprint density at radius 2 is 1.76 bits per heavy atom. The van der Waals surface area contributed by atoms with Crippen molar-refractivity contribution in [3.63, 3.8) is 0 Å². The molecule has 0 spiro atoms. The first kappa shape index (κ1) is 25.4. The average molecular weight is 511 g/mol. The summed E-state index contributed by atoms with van der Waals surface area (Å²) < 4.78 is 17.4. The van der Waals surface area contributed by atoms with Gasteiger partial charge in [0.1, 0.15) is 35.7 Å². The van der Waals surface area contributed by atoms with Gasteiger partial charge in [-0.1, -0.05) is 18.2 Å². The molecule has 1 aromatic heterocycles. The number of nitrogens with zero attached hydrogens (tertiary/aromatic N) is 3. The van der Waals surface area contributed by atoms with Gasteiger partial charge in [-0.15, -0.1) is 0 Å². The summed E-state index contributed by atoms with van der Waals surface area (Å²) in [6.07, 6.45) is 6.39. The van der Waals surface area contributed by atoms with Gasteiger partial charge in [-0.25, -0.2) is 9.97 Å². The molecule has 1 N–H and O–H groups in total. The number of ether oxygens (including phenoxy) is 3. The first-order valence-electron chi connectivity index (χ1n) is 12.7. The van der Waals surface area contributed by atoms with E-state index in [0.717, 1.165) is 79.2 Å². The minimum atomic E-state index is 0.568. The summed E-state index contributed by atoms with van der Waals surface area (Å²) in [4.78, 5) is 22.4. The number of anilines is 2. The Bertz CT molecular complexity index is 1370. The molecule has 38 heavy (non-hydrogen) atoms. The Balaban J connectivity index is 1.30. The SMILES string of the molecule is O=CC=Cc1cc2c(Nc3ccc(Oc4ccccc4)cc3)ncnc2cc1OCCCN1CCOCC1. The number of aromatic nitrogens is 2. The summed E-state index contributed by atoms with van der Waals surface area (Å²) >= 11 is 0. The van der Waals surface area contributed by atoms with Crippen LogP contribution in [0.15, 0.2) is 79.1 Å². The molecular formula is C30H30N4O4. The third-order valence-electron chi connectivity index (χ3n) is 6.20. The number of hydrogen-bond donors (Lipinski definition) is 1. The maximum atomic E-state index is 11.0. The number of fused-ring (bicyclic) bond motifs is 1. The van der Waals surface area contributed by atoms with Gasteiger partial charge in [-0.05, 0) is 61.0 Å². The van der Waals surface area contributed by atoms with Gasteiger partial charge in [-0.2, -0.15) is 0 Å². The van der Waals surface area contributed by atoms with E-state index < -0.39 is 0 Å². The Labute approximate surface area is 221 Å². The molecule has 1 saturated heterocycles. The van der Waals surface area contributed by atoms with E-state index >= 15 is 0 Å². The van der Waals surface area contributed by atoms with E-state index in [0.29, 0.717) is 18.2 Å². The van der Waals surface area contributed by atoms with E-state index in [2.05, 4.69) is 20.2 Å². The molecule has 194 valence electrons. The highest BCUT2D eigenvalue weighted by Gasteiger charge is 2.12. The maximum absolute atomic E-state index is 11.0. The molecule has 0 amide bonds. The van der Waals surface area contributed by atoms with Crippen LogP contribution in [0.2, 0.25) is 0 Å². The van der Waals surface area contributed by atoms with Crippen LogP contribution in [0.25, 0.3) is 17.0 Å². The van der Waals surface area contributed by atoms with Crippen molar-refractivity contribution in [1.29, 1.82) is 0 Å². The topological polar surface area (TPSA) is 85.8 Å². The molecule has 3 aromatic carbocycles. The number of hydrogen-bond acceptors (Lipinski definition) is 8. The van der Waals surface area contributed by atoms with Crippen LogP contribution in [0.4, 0.5) is 11.5 Å². The van der Waals surface area contributed by atoms with Gasteiger partial charge >= 0.3 is 0 Å². The Kier molecular flexibility index (Phi) is 8.55. The van der Waals surface area contributed by atoms with Crippen molar-refractivity contribution in [1.82, 2.24) is 14.9 Å². The highest BCUT2D eigenvalue weighted by Crippen LogP contribution is 2.31. The second kappa shape index (κ2) is 12.8. The minimum absolute atomic E-state index is 0.568. The van der Waals surface area contributed by atoms with Crippen LogP contribution in [0.5, 0.6) is 17.2 Å². The molecule has 0 unspecified atom stereocenters. The number of morpholine rings is 1. The van der Waals surface area contributed by atoms with Crippen LogP contribution in [0.3, 0.4) is 0 Å². The van der Waals surface area contributed by atoms with Gasteiger partial charge in [0.15, 0.2) is 0 Å². The Hall–Kier alpha value is -4.27. The van der Waals surface area contributed by atoms with E-state index in [-0.39, 0.29) is 0 Å². The quantitative estimate of drug-likeness (QED) is 0.161. The van der Waals surface area contributed by atoms with Crippen molar-refractivity contribution in [3.8, 4) is 17.2 Å². The monoisotopic (exact) mass is 510 g/mol. The highest BCUT2D eigenvalue weighted by atomic mass is 16.5. The van der Waals surface area contributed by atoms with Crippen molar-refractivity contribution in [2.45, 2.75) is 6.42 Å². The predicted octanol–water partition coefficient (Wildman–Crippen LogP) is 5.48. The number of carbonyl (C=O) groups excluding carboxylic acids is 1. The summed E-state index contributed by atoms with van der Waals surface area (Å²) in [6.45, 7) is 5.01. The molecule has 0 saturated carbocycles. The maximum Gasteiger partial charge on any atom is 0.142 e. The fraction of sp³-hybridized carbons (Fsp3) is 0.233. The first-order chi connectivity index (χ1) is 18.8. The van der Waals surface area contributed by atoms with Gasteiger partial charge < -0.3 is 19.5 Å². The van der Waals surface area contributed by atoms with Gasteiger partial charge in [0, 0.05) is 42.3 Å². The van der Waals surface area contributed by atoms with E-state index in [4.69, 9.17) is 14.2 Å². The lowest BCUT2D eigenvalue weighted by Gasteiger charge is -2.26. The molecule has 0 radical (unpaired) electrons. The zero-order valence-electron chi connectivity index (χ0n) is 21.1. The fourth-order valence-corrected chi connectivity index (χ4v) is 4.26. The van der Waals surface area contributed by atoms with Gasteiger partial charge in [0.05, 0.1) is 25.3 Å². The van der Waals surface area contributed by atoms with E-state index in [1.807, 2.05) is 66.7 Å². The smallest absolute Gasteiger partial charge is 0.142 e. The lowest BCUT2D eigenvalue weighted by atomic mass is 10.1. The summed E-state index contributed by atoms with van der Waals surface area (Å²) in [7, 11) is 0. The summed E-state index contributed by atoms with van der Waals surface area (Å²) in [5.74, 6) is 2.87. The second-order valence-electron chi connectivity index (χ2n) is 8.85. The van der Waals surface area contributed by atoms with Crippen molar-refractivity contribution in [2.75, 3.05) is 44.8 Å². The minimum Gasteiger partial charge on any atom is -0.493 e. The number of nitrogens with one attached hydrogen (secondary N) is 1. The summed E-state index contributed by atoms with van der Waals surface area (Å²) in [6, 6.07) is 21.2. The standard InChI is InChI=1S/C30H30N4O4/c35-16-4-6-23-20-27-28(21-29(23)37-17-5-13-34-14-18-36-19-15-34)31-22-32-30(27)33-24-9-11-26(12-10-24)38-25-7-2-1-3-8-25/h1-4,6-12,16,20-22H,5,13-15,17-19H2,(H,31,32,33). The molecule has 0 bridgehead atoms. The lowest BCUT2D eigenvalue weighted by Crippen LogP contribution is -2.37. The predicted molar refractivity (Wildman–Crippen MR) is 148 cm³/mol. The van der Waals surface area contributed by atoms with Crippen molar-refractivity contribution in [2.24, 2.45) is 0 Å². The summed E-state index contributed by atoms with van der Waals surface area (Å²) in [5, 5.41) is 4.20. The molecule has 1 fully saturated rings. The normalized spacial score (nSPS) is 14.0. The lowest BCUT2D eigenvalue weighted by molar-refractivity contribution is -0.104. The van der Waals surface area contributed by atoms with E-state index in [9.17, 15) is 4.79 Å². The van der Waals surface area contributed by atoms with Crippen molar-refractivity contribution >= 4 is 34.8 Å². The number of para-hydroxylation sites is 1. The zero-order chi connectivity index (χ0) is 26.0. The molecule has 2 heterocycles. The van der Waals surface area contributed by atoms with E-state index in [1.54, 1.807) is 6.08 Å². The van der Waals surface area contributed by atoms with Crippen molar-refractivity contribution < 1.29 is 19.0 Å². The van der Waals surface area contributed by atoms with Gasteiger partial charge in [0.2, 0.25) is 0 Å². The van der Waals surface area contributed by atoms with Crippen LogP contribution in [-0.4, -0.2) is 60.6 Å². The molecule has 8 nitrogen and oxygen atoms in total. The molecule has 0 aliphatic carbocycles. The van der Waals surface area contributed by atoms with Gasteiger partial charge in [-0.3, -0.25) is 9.69 Å². The largest absolute Gasteiger partial charge is 0.493 e.